The van der Waals surface area contributed by atoms with Gasteiger partial charge in [0.2, 0.25) is 0 Å². The second-order valence-electron chi connectivity index (χ2n) is 3.47. The van der Waals surface area contributed by atoms with Crippen LogP contribution in [-0.2, 0) is 4.74 Å². The second kappa shape index (κ2) is 7.31. The van der Waals surface area contributed by atoms with Crippen molar-refractivity contribution in [2.45, 2.75) is 24.5 Å². The van der Waals surface area contributed by atoms with Gasteiger partial charge in [-0.05, 0) is 12.7 Å². The van der Waals surface area contributed by atoms with E-state index in [9.17, 15) is 0 Å². The molecule has 7 heteroatoms. The highest BCUT2D eigenvalue weighted by molar-refractivity contribution is 7.98. The van der Waals surface area contributed by atoms with Crippen molar-refractivity contribution in [3.05, 3.63) is 6.07 Å². The molecule has 0 bridgehead atoms. The van der Waals surface area contributed by atoms with Crippen molar-refractivity contribution < 1.29 is 4.74 Å². The third-order valence-corrected chi connectivity index (χ3v) is 2.80. The van der Waals surface area contributed by atoms with Crippen LogP contribution in [0.25, 0.3) is 0 Å². The van der Waals surface area contributed by atoms with Gasteiger partial charge in [0.05, 0.1) is 12.6 Å². The van der Waals surface area contributed by atoms with Crippen molar-refractivity contribution >= 4 is 23.4 Å². The van der Waals surface area contributed by atoms with Gasteiger partial charge >= 0.3 is 0 Å². The highest BCUT2D eigenvalue weighted by Crippen LogP contribution is 2.17. The second-order valence-corrected chi connectivity index (χ2v) is 4.25. The summed E-state index contributed by atoms with van der Waals surface area (Å²) in [6.07, 6.45) is 2.88. The molecule has 17 heavy (non-hydrogen) atoms. The number of aromatic nitrogens is 2. The SMILES string of the molecule is CCC(COC)Nc1cc(NN)nc(SC)n1. The predicted octanol–water partition coefficient (Wildman–Crippen LogP) is 1.32. The molecule has 0 radical (unpaired) electrons. The molecule has 1 aromatic rings. The van der Waals surface area contributed by atoms with Gasteiger partial charge < -0.3 is 15.5 Å². The number of hydrazine groups is 1. The van der Waals surface area contributed by atoms with Crippen LogP contribution in [0.3, 0.4) is 0 Å². The van der Waals surface area contributed by atoms with Gasteiger partial charge in [-0.1, -0.05) is 18.7 Å². The minimum absolute atomic E-state index is 0.232. The topological polar surface area (TPSA) is 85.1 Å². The summed E-state index contributed by atoms with van der Waals surface area (Å²) in [7, 11) is 1.69. The third-order valence-electron chi connectivity index (χ3n) is 2.25. The molecule has 6 nitrogen and oxygen atoms in total. The number of anilines is 2. The van der Waals surface area contributed by atoms with Gasteiger partial charge in [-0.2, -0.15) is 0 Å². The molecule has 0 aliphatic rings. The van der Waals surface area contributed by atoms with Gasteiger partial charge in [-0.3, -0.25) is 0 Å². The van der Waals surface area contributed by atoms with E-state index >= 15 is 0 Å². The normalized spacial score (nSPS) is 12.2. The number of nitrogen functional groups attached to an aromatic ring is 1. The number of hydrogen-bond donors (Lipinski definition) is 3. The highest BCUT2D eigenvalue weighted by atomic mass is 32.2. The Hall–Kier alpha value is -1.05. The highest BCUT2D eigenvalue weighted by Gasteiger charge is 2.08. The Morgan fingerprint density at radius 3 is 2.71 bits per heavy atom. The largest absolute Gasteiger partial charge is 0.383 e. The zero-order chi connectivity index (χ0) is 12.7. The Bertz CT molecular complexity index is 327. The molecule has 1 unspecified atom stereocenters. The maximum atomic E-state index is 5.36. The fourth-order valence-corrected chi connectivity index (χ4v) is 1.72. The molecule has 4 N–H and O–H groups in total. The van der Waals surface area contributed by atoms with E-state index in [-0.39, 0.29) is 6.04 Å². The Balaban J connectivity index is 2.81. The summed E-state index contributed by atoms with van der Waals surface area (Å²) in [4.78, 5) is 8.55. The van der Waals surface area contributed by atoms with E-state index in [4.69, 9.17) is 10.6 Å². The quantitative estimate of drug-likeness (QED) is 0.294. The molecular formula is C10H19N5OS. The fourth-order valence-electron chi connectivity index (χ4n) is 1.34. The Kier molecular flexibility index (Phi) is 6.03. The number of ether oxygens (including phenoxy) is 1. The lowest BCUT2D eigenvalue weighted by molar-refractivity contribution is 0.184. The van der Waals surface area contributed by atoms with Crippen molar-refractivity contribution in [3.8, 4) is 0 Å². The lowest BCUT2D eigenvalue weighted by atomic mass is 10.2. The van der Waals surface area contributed by atoms with E-state index in [1.807, 2.05) is 6.26 Å². The average molecular weight is 257 g/mol. The molecule has 0 aromatic carbocycles. The minimum atomic E-state index is 0.232. The molecule has 1 rings (SSSR count). The summed E-state index contributed by atoms with van der Waals surface area (Å²) >= 11 is 1.47. The van der Waals surface area contributed by atoms with Gasteiger partial charge in [0.1, 0.15) is 11.6 Å². The van der Waals surface area contributed by atoms with Crippen LogP contribution in [0.1, 0.15) is 13.3 Å². The standard InChI is InChI=1S/C10H19N5OS/c1-4-7(6-16-2)12-8-5-9(15-11)14-10(13-8)17-3/h5,7H,4,6,11H2,1-3H3,(H2,12,13,14,15). The Labute approximate surface area is 106 Å². The van der Waals surface area contributed by atoms with Crippen LogP contribution in [0, 0.1) is 0 Å². The molecule has 0 spiro atoms. The van der Waals surface area contributed by atoms with E-state index in [0.717, 1.165) is 12.2 Å². The van der Waals surface area contributed by atoms with Crippen LogP contribution in [-0.4, -0.2) is 36.0 Å². The number of rotatable bonds is 7. The van der Waals surface area contributed by atoms with E-state index in [1.165, 1.54) is 11.8 Å². The van der Waals surface area contributed by atoms with E-state index in [1.54, 1.807) is 13.2 Å². The number of nitrogens with zero attached hydrogens (tertiary/aromatic N) is 2. The molecular weight excluding hydrogens is 238 g/mol. The first-order chi connectivity index (χ1) is 8.23. The summed E-state index contributed by atoms with van der Waals surface area (Å²) in [5, 5.41) is 3.97. The monoisotopic (exact) mass is 257 g/mol. The van der Waals surface area contributed by atoms with E-state index in [0.29, 0.717) is 17.6 Å². The Morgan fingerprint density at radius 2 is 2.18 bits per heavy atom. The van der Waals surface area contributed by atoms with Gasteiger partial charge in [0.25, 0.3) is 0 Å². The molecule has 0 aliphatic heterocycles. The maximum absolute atomic E-state index is 5.36. The number of nitrogens with two attached hydrogens (primary N) is 1. The van der Waals surface area contributed by atoms with Crippen LogP contribution >= 0.6 is 11.8 Å². The average Bonchev–Trinajstić information content (AvgIpc) is 2.37. The molecule has 1 heterocycles. The van der Waals surface area contributed by atoms with Crippen molar-refractivity contribution in [2.24, 2.45) is 5.84 Å². The van der Waals surface area contributed by atoms with Gasteiger partial charge in [-0.15, -0.1) is 0 Å². The number of methoxy groups -OCH3 is 1. The lowest BCUT2D eigenvalue weighted by Gasteiger charge is -2.17. The fraction of sp³-hybridized carbons (Fsp3) is 0.600. The third kappa shape index (κ3) is 4.37. The molecule has 0 saturated carbocycles. The predicted molar refractivity (Wildman–Crippen MR) is 71.2 cm³/mol. The summed E-state index contributed by atoms with van der Waals surface area (Å²) < 4.78 is 5.13. The molecule has 0 fully saturated rings. The molecule has 0 aliphatic carbocycles. The van der Waals surface area contributed by atoms with Crippen LogP contribution in [0.15, 0.2) is 11.2 Å². The van der Waals surface area contributed by atoms with Crippen molar-refractivity contribution in [1.82, 2.24) is 9.97 Å². The summed E-state index contributed by atoms with van der Waals surface area (Å²) in [5.41, 5.74) is 2.53. The van der Waals surface area contributed by atoms with Crippen molar-refractivity contribution in [1.29, 1.82) is 0 Å². The number of nitrogens with one attached hydrogen (secondary N) is 2. The molecule has 1 atom stereocenters. The van der Waals surface area contributed by atoms with Gasteiger partial charge in [0, 0.05) is 13.2 Å². The summed E-state index contributed by atoms with van der Waals surface area (Å²) in [6.45, 7) is 2.73. The summed E-state index contributed by atoms with van der Waals surface area (Å²) in [5.74, 6) is 6.71. The van der Waals surface area contributed by atoms with Gasteiger partial charge in [0.15, 0.2) is 5.16 Å². The van der Waals surface area contributed by atoms with Crippen LogP contribution in [0.2, 0.25) is 0 Å². The van der Waals surface area contributed by atoms with Gasteiger partial charge in [-0.25, -0.2) is 15.8 Å². The molecule has 96 valence electrons. The van der Waals surface area contributed by atoms with Crippen LogP contribution in [0.5, 0.6) is 0 Å². The van der Waals surface area contributed by atoms with E-state index in [2.05, 4.69) is 27.6 Å². The zero-order valence-corrected chi connectivity index (χ0v) is 11.2. The van der Waals surface area contributed by atoms with Crippen LogP contribution in [0.4, 0.5) is 11.6 Å². The maximum Gasteiger partial charge on any atom is 0.191 e. The molecule has 1 aromatic heterocycles. The zero-order valence-electron chi connectivity index (χ0n) is 10.4. The lowest BCUT2D eigenvalue weighted by Crippen LogP contribution is -2.24. The van der Waals surface area contributed by atoms with Crippen molar-refractivity contribution in [2.75, 3.05) is 30.7 Å². The Morgan fingerprint density at radius 1 is 1.47 bits per heavy atom. The first kappa shape index (κ1) is 14.0. The number of thioether (sulfide) groups is 1. The minimum Gasteiger partial charge on any atom is -0.383 e. The summed E-state index contributed by atoms with van der Waals surface area (Å²) in [6, 6.07) is 2.01. The first-order valence-electron chi connectivity index (χ1n) is 5.38. The van der Waals surface area contributed by atoms with Crippen molar-refractivity contribution in [3.63, 3.8) is 0 Å². The number of hydrogen-bond acceptors (Lipinski definition) is 7. The molecule has 0 saturated heterocycles. The first-order valence-corrected chi connectivity index (χ1v) is 6.61. The van der Waals surface area contributed by atoms with E-state index < -0.39 is 0 Å². The molecule has 0 amide bonds. The van der Waals surface area contributed by atoms with Crippen LogP contribution < -0.4 is 16.6 Å². The smallest absolute Gasteiger partial charge is 0.191 e.